The normalized spacial score (nSPS) is 11.9. The van der Waals surface area contributed by atoms with Crippen molar-refractivity contribution in [3.05, 3.63) is 36.6 Å². The zero-order chi connectivity index (χ0) is 13.8. The average Bonchev–Trinajstić information content (AvgIpc) is 2.31. The maximum atomic E-state index is 11.7. The highest BCUT2D eigenvalue weighted by Crippen LogP contribution is 2.06. The van der Waals surface area contributed by atoms with Crippen molar-refractivity contribution in [1.29, 1.82) is 0 Å². The van der Waals surface area contributed by atoms with Crippen LogP contribution in [0.2, 0.25) is 0 Å². The van der Waals surface area contributed by atoms with Crippen LogP contribution in [0.15, 0.2) is 36.6 Å². The number of ether oxygens (including phenoxy) is 2. The molecule has 0 atom stereocenters. The molecule has 3 nitrogen and oxygen atoms in total. The Morgan fingerprint density at radius 3 is 2.61 bits per heavy atom. The Balaban J connectivity index is 4.31. The second-order valence-corrected chi connectivity index (χ2v) is 4.12. The molecule has 0 aliphatic rings. The van der Waals surface area contributed by atoms with Gasteiger partial charge in [-0.05, 0) is 32.8 Å². The van der Waals surface area contributed by atoms with Crippen molar-refractivity contribution in [3.8, 4) is 0 Å². The van der Waals surface area contributed by atoms with Crippen molar-refractivity contribution in [2.75, 3.05) is 6.61 Å². The first-order chi connectivity index (χ1) is 8.61. The van der Waals surface area contributed by atoms with Crippen LogP contribution in [-0.2, 0) is 14.3 Å². The molecule has 0 heterocycles. The maximum Gasteiger partial charge on any atom is 0.373 e. The van der Waals surface area contributed by atoms with Crippen LogP contribution in [0.1, 0.15) is 40.0 Å². The first kappa shape index (κ1) is 16.5. The topological polar surface area (TPSA) is 35.5 Å². The van der Waals surface area contributed by atoms with Gasteiger partial charge < -0.3 is 9.47 Å². The minimum atomic E-state index is -0.421. The number of allylic oxidation sites excluding steroid dienone is 3. The number of carbonyl (C=O) groups excluding carboxylic acids is 1. The van der Waals surface area contributed by atoms with Crippen molar-refractivity contribution in [2.24, 2.45) is 0 Å². The third kappa shape index (κ3) is 8.62. The molecular formula is C15H24O3. The first-order valence-corrected chi connectivity index (χ1v) is 6.41. The molecule has 0 amide bonds. The van der Waals surface area contributed by atoms with Crippen LogP contribution in [0, 0.1) is 0 Å². The number of carbonyl (C=O) groups is 1. The van der Waals surface area contributed by atoms with Gasteiger partial charge >= 0.3 is 5.97 Å². The van der Waals surface area contributed by atoms with Gasteiger partial charge in [-0.3, -0.25) is 0 Å². The fraction of sp³-hybridized carbons (Fsp3) is 0.533. The van der Waals surface area contributed by atoms with E-state index >= 15 is 0 Å². The summed E-state index contributed by atoms with van der Waals surface area (Å²) in [7, 11) is 0. The van der Waals surface area contributed by atoms with Crippen LogP contribution in [0.4, 0.5) is 0 Å². The number of unbranched alkanes of at least 4 members (excludes halogenated alkanes) is 1. The number of rotatable bonds is 9. The molecule has 0 bridgehead atoms. The van der Waals surface area contributed by atoms with E-state index in [0.29, 0.717) is 13.0 Å². The molecule has 102 valence electrons. The van der Waals surface area contributed by atoms with E-state index in [-0.39, 0.29) is 11.9 Å². The molecule has 0 unspecified atom stereocenters. The standard InChI is InChI=1S/C15H24O3/c1-5-7-9-10-12-17-14(11-8-6-2)15(16)18-13(3)4/h6,9-11,13H,2,5,7-8,12H2,1,3-4H3/b10-9-,14-11-. The van der Waals surface area contributed by atoms with Gasteiger partial charge in [-0.2, -0.15) is 0 Å². The maximum absolute atomic E-state index is 11.7. The smallest absolute Gasteiger partial charge is 0.373 e. The Bertz CT molecular complexity index is 301. The number of esters is 1. The third-order valence-corrected chi connectivity index (χ3v) is 1.97. The van der Waals surface area contributed by atoms with Gasteiger partial charge in [0.1, 0.15) is 6.61 Å². The van der Waals surface area contributed by atoms with Gasteiger partial charge in [-0.15, -0.1) is 6.58 Å². The Morgan fingerprint density at radius 2 is 2.06 bits per heavy atom. The molecule has 0 radical (unpaired) electrons. The predicted molar refractivity (Wildman–Crippen MR) is 74.1 cm³/mol. The summed E-state index contributed by atoms with van der Waals surface area (Å²) in [6, 6.07) is 0. The van der Waals surface area contributed by atoms with Crippen LogP contribution < -0.4 is 0 Å². The van der Waals surface area contributed by atoms with E-state index in [0.717, 1.165) is 12.8 Å². The van der Waals surface area contributed by atoms with Gasteiger partial charge in [0.25, 0.3) is 0 Å². The third-order valence-electron chi connectivity index (χ3n) is 1.97. The van der Waals surface area contributed by atoms with Crippen molar-refractivity contribution in [3.63, 3.8) is 0 Å². The van der Waals surface area contributed by atoms with Gasteiger partial charge in [0.05, 0.1) is 6.10 Å². The molecule has 0 fully saturated rings. The van der Waals surface area contributed by atoms with E-state index in [9.17, 15) is 4.79 Å². The fourth-order valence-corrected chi connectivity index (χ4v) is 1.15. The van der Waals surface area contributed by atoms with Gasteiger partial charge in [-0.1, -0.05) is 31.6 Å². The van der Waals surface area contributed by atoms with Gasteiger partial charge in [-0.25, -0.2) is 4.79 Å². The molecule has 0 rings (SSSR count). The van der Waals surface area contributed by atoms with Gasteiger partial charge in [0.2, 0.25) is 5.76 Å². The molecule has 0 aromatic carbocycles. The second kappa shape index (κ2) is 10.6. The lowest BCUT2D eigenvalue weighted by atomic mass is 10.3. The van der Waals surface area contributed by atoms with E-state index in [1.54, 1.807) is 12.2 Å². The Hall–Kier alpha value is -1.51. The minimum Gasteiger partial charge on any atom is -0.483 e. The van der Waals surface area contributed by atoms with E-state index < -0.39 is 5.97 Å². The summed E-state index contributed by atoms with van der Waals surface area (Å²) >= 11 is 0. The highest BCUT2D eigenvalue weighted by Gasteiger charge is 2.13. The molecular weight excluding hydrogens is 228 g/mol. The summed E-state index contributed by atoms with van der Waals surface area (Å²) < 4.78 is 10.5. The van der Waals surface area contributed by atoms with Crippen LogP contribution in [-0.4, -0.2) is 18.7 Å². The zero-order valence-corrected chi connectivity index (χ0v) is 11.6. The zero-order valence-electron chi connectivity index (χ0n) is 11.6. The highest BCUT2D eigenvalue weighted by molar-refractivity contribution is 5.86. The van der Waals surface area contributed by atoms with E-state index in [4.69, 9.17) is 9.47 Å². The lowest BCUT2D eigenvalue weighted by Crippen LogP contribution is -2.15. The molecule has 0 aromatic heterocycles. The highest BCUT2D eigenvalue weighted by atomic mass is 16.6. The first-order valence-electron chi connectivity index (χ1n) is 6.41. The van der Waals surface area contributed by atoms with Crippen LogP contribution in [0.25, 0.3) is 0 Å². The molecule has 0 aromatic rings. The monoisotopic (exact) mass is 252 g/mol. The Kier molecular flexibility index (Phi) is 9.74. The fourth-order valence-electron chi connectivity index (χ4n) is 1.15. The lowest BCUT2D eigenvalue weighted by Gasteiger charge is -2.11. The Labute approximate surface area is 110 Å². The van der Waals surface area contributed by atoms with E-state index in [2.05, 4.69) is 13.5 Å². The lowest BCUT2D eigenvalue weighted by molar-refractivity contribution is -0.146. The van der Waals surface area contributed by atoms with Gasteiger partial charge in [0, 0.05) is 0 Å². The molecule has 3 heteroatoms. The summed E-state index contributed by atoms with van der Waals surface area (Å²) in [5.74, 6) is -0.166. The average molecular weight is 252 g/mol. The van der Waals surface area contributed by atoms with Crippen molar-refractivity contribution in [2.45, 2.75) is 46.1 Å². The summed E-state index contributed by atoms with van der Waals surface area (Å²) in [6.07, 6.45) is 9.90. The summed E-state index contributed by atoms with van der Waals surface area (Å²) in [5.41, 5.74) is 0. The SMILES string of the molecule is C=CC/C=C(\OC/C=C\CCC)C(=O)OC(C)C. The predicted octanol–water partition coefficient (Wildman–Crippen LogP) is 3.77. The summed E-state index contributed by atoms with van der Waals surface area (Å²) in [6.45, 7) is 9.72. The summed E-state index contributed by atoms with van der Waals surface area (Å²) in [5, 5.41) is 0. The quantitative estimate of drug-likeness (QED) is 0.271. The molecule has 0 aliphatic carbocycles. The van der Waals surface area contributed by atoms with Crippen molar-refractivity contribution >= 4 is 5.97 Å². The molecule has 18 heavy (non-hydrogen) atoms. The van der Waals surface area contributed by atoms with E-state index in [1.807, 2.05) is 26.0 Å². The molecule has 0 N–H and O–H groups in total. The van der Waals surface area contributed by atoms with Crippen molar-refractivity contribution in [1.82, 2.24) is 0 Å². The van der Waals surface area contributed by atoms with Crippen LogP contribution in [0.3, 0.4) is 0 Å². The second-order valence-electron chi connectivity index (χ2n) is 4.12. The van der Waals surface area contributed by atoms with E-state index in [1.165, 1.54) is 0 Å². The van der Waals surface area contributed by atoms with Crippen molar-refractivity contribution < 1.29 is 14.3 Å². The number of hydrogen-bond donors (Lipinski definition) is 0. The molecule has 0 aliphatic heterocycles. The van der Waals surface area contributed by atoms with Crippen LogP contribution in [0.5, 0.6) is 0 Å². The Morgan fingerprint density at radius 1 is 1.33 bits per heavy atom. The molecule has 0 saturated heterocycles. The largest absolute Gasteiger partial charge is 0.483 e. The van der Waals surface area contributed by atoms with Crippen LogP contribution >= 0.6 is 0 Å². The minimum absolute atomic E-state index is 0.149. The summed E-state index contributed by atoms with van der Waals surface area (Å²) in [4.78, 5) is 11.7. The number of hydrogen-bond acceptors (Lipinski definition) is 3. The molecule has 0 spiro atoms. The molecule has 0 saturated carbocycles. The van der Waals surface area contributed by atoms with Gasteiger partial charge in [0.15, 0.2) is 0 Å².